The summed E-state index contributed by atoms with van der Waals surface area (Å²) >= 11 is 7.07. The molecule has 1 heterocycles. The van der Waals surface area contributed by atoms with Gasteiger partial charge in [-0.05, 0) is 6.07 Å². The van der Waals surface area contributed by atoms with Crippen LogP contribution in [-0.2, 0) is 0 Å². The summed E-state index contributed by atoms with van der Waals surface area (Å²) in [6, 6.07) is 3.26. The number of rotatable bonds is 5. The molecule has 0 saturated heterocycles. The number of nitrogens with zero attached hydrogens (tertiary/aromatic N) is 1. The molecule has 1 aromatic heterocycles. The van der Waals surface area contributed by atoms with Crippen molar-refractivity contribution in [3.05, 3.63) is 28.2 Å². The number of anilines is 2. The largest absolute Gasteiger partial charge is 0.495 e. The van der Waals surface area contributed by atoms with Crippen LogP contribution in [0.5, 0.6) is 11.5 Å². The molecule has 0 fully saturated rings. The lowest BCUT2D eigenvalue weighted by atomic mass is 10.2. The number of nitrogens with one attached hydrogen (secondary N) is 1. The van der Waals surface area contributed by atoms with Crippen molar-refractivity contribution >= 4 is 39.7 Å². The standard InChI is InChI=1S/C12H11ClN2O4S/c1-18-8-4-9(19-2)7(3-6(8)13)15-12-14-5-10(20-12)11(16)17/h3-5H,1-2H3,(H,14,15)(H,16,17). The van der Waals surface area contributed by atoms with Gasteiger partial charge in [0.1, 0.15) is 16.4 Å². The van der Waals surface area contributed by atoms with Gasteiger partial charge in [-0.25, -0.2) is 9.78 Å². The summed E-state index contributed by atoms with van der Waals surface area (Å²) in [6.45, 7) is 0. The first-order valence-corrected chi connectivity index (χ1v) is 6.62. The number of aromatic carboxylic acids is 1. The van der Waals surface area contributed by atoms with E-state index in [0.717, 1.165) is 11.3 Å². The van der Waals surface area contributed by atoms with Gasteiger partial charge in [-0.1, -0.05) is 22.9 Å². The minimum absolute atomic E-state index is 0.145. The molecular weight excluding hydrogens is 304 g/mol. The lowest BCUT2D eigenvalue weighted by Crippen LogP contribution is -1.96. The van der Waals surface area contributed by atoms with Gasteiger partial charge in [-0.15, -0.1) is 0 Å². The van der Waals surface area contributed by atoms with Gasteiger partial charge in [0.05, 0.1) is 31.1 Å². The van der Waals surface area contributed by atoms with Gasteiger partial charge in [-0.3, -0.25) is 0 Å². The topological polar surface area (TPSA) is 80.7 Å². The van der Waals surface area contributed by atoms with Crippen molar-refractivity contribution in [2.24, 2.45) is 0 Å². The molecule has 0 amide bonds. The number of hydrogen-bond acceptors (Lipinski definition) is 6. The Balaban J connectivity index is 2.32. The highest BCUT2D eigenvalue weighted by Gasteiger charge is 2.13. The van der Waals surface area contributed by atoms with Crippen LogP contribution in [-0.4, -0.2) is 30.3 Å². The molecule has 0 aliphatic carbocycles. The molecule has 0 bridgehead atoms. The fourth-order valence-electron chi connectivity index (χ4n) is 1.50. The fraction of sp³-hybridized carbons (Fsp3) is 0.167. The smallest absolute Gasteiger partial charge is 0.347 e. The van der Waals surface area contributed by atoms with E-state index in [-0.39, 0.29) is 4.88 Å². The minimum atomic E-state index is -1.02. The third kappa shape index (κ3) is 2.94. The first-order chi connectivity index (χ1) is 9.55. The number of halogens is 1. The van der Waals surface area contributed by atoms with Crippen molar-refractivity contribution in [1.29, 1.82) is 0 Å². The molecule has 1 aromatic carbocycles. The van der Waals surface area contributed by atoms with Crippen LogP contribution in [0.25, 0.3) is 0 Å². The van der Waals surface area contributed by atoms with Crippen LogP contribution in [0.1, 0.15) is 9.67 Å². The van der Waals surface area contributed by atoms with E-state index in [4.69, 9.17) is 26.2 Å². The summed E-state index contributed by atoms with van der Waals surface area (Å²) in [5, 5.41) is 12.7. The number of carboxylic acids is 1. The predicted molar refractivity (Wildman–Crippen MR) is 76.9 cm³/mol. The predicted octanol–water partition coefficient (Wildman–Crippen LogP) is 3.26. The maximum absolute atomic E-state index is 10.8. The summed E-state index contributed by atoms with van der Waals surface area (Å²) in [6.07, 6.45) is 1.28. The maximum atomic E-state index is 10.8. The third-order valence-corrected chi connectivity index (χ3v) is 3.63. The van der Waals surface area contributed by atoms with Crippen molar-refractivity contribution in [1.82, 2.24) is 4.98 Å². The molecule has 2 N–H and O–H groups in total. The van der Waals surface area contributed by atoms with E-state index >= 15 is 0 Å². The second-order valence-corrected chi connectivity index (χ2v) is 5.08. The number of aromatic nitrogens is 1. The summed E-state index contributed by atoms with van der Waals surface area (Å²) in [7, 11) is 3.02. The molecule has 0 aliphatic rings. The van der Waals surface area contributed by atoms with Gasteiger partial charge in [0.2, 0.25) is 0 Å². The second-order valence-electron chi connectivity index (χ2n) is 3.65. The molecular formula is C12H11ClN2O4S. The molecule has 6 nitrogen and oxygen atoms in total. The Kier molecular flexibility index (Phi) is 4.31. The highest BCUT2D eigenvalue weighted by Crippen LogP contribution is 2.37. The number of ether oxygens (including phenoxy) is 2. The Labute approximate surface area is 123 Å². The molecule has 0 spiro atoms. The Hall–Kier alpha value is -1.99. The van der Waals surface area contributed by atoms with Crippen LogP contribution in [0, 0.1) is 0 Å². The van der Waals surface area contributed by atoms with Crippen molar-refractivity contribution in [2.45, 2.75) is 0 Å². The highest BCUT2D eigenvalue weighted by atomic mass is 35.5. The van der Waals surface area contributed by atoms with Gasteiger partial charge < -0.3 is 19.9 Å². The van der Waals surface area contributed by atoms with E-state index in [1.165, 1.54) is 20.4 Å². The molecule has 0 radical (unpaired) electrons. The van der Waals surface area contributed by atoms with Crippen LogP contribution in [0.3, 0.4) is 0 Å². The number of benzene rings is 1. The van der Waals surface area contributed by atoms with Crippen molar-refractivity contribution in [3.63, 3.8) is 0 Å². The third-order valence-electron chi connectivity index (χ3n) is 2.43. The zero-order chi connectivity index (χ0) is 14.7. The van der Waals surface area contributed by atoms with E-state index in [9.17, 15) is 4.79 Å². The van der Waals surface area contributed by atoms with E-state index < -0.39 is 5.97 Å². The molecule has 0 saturated carbocycles. The van der Waals surface area contributed by atoms with Crippen LogP contribution in [0.4, 0.5) is 10.8 Å². The van der Waals surface area contributed by atoms with Gasteiger partial charge >= 0.3 is 5.97 Å². The van der Waals surface area contributed by atoms with Crippen LogP contribution in [0.15, 0.2) is 18.3 Å². The molecule has 2 aromatic rings. The first-order valence-electron chi connectivity index (χ1n) is 5.42. The molecule has 0 unspecified atom stereocenters. The monoisotopic (exact) mass is 314 g/mol. The van der Waals surface area contributed by atoms with Crippen LogP contribution in [0.2, 0.25) is 5.02 Å². The minimum Gasteiger partial charge on any atom is -0.495 e. The van der Waals surface area contributed by atoms with Gasteiger partial charge in [0.15, 0.2) is 5.13 Å². The number of carboxylic acid groups (broad SMARTS) is 1. The zero-order valence-electron chi connectivity index (χ0n) is 10.6. The van der Waals surface area contributed by atoms with Crippen LogP contribution >= 0.6 is 22.9 Å². The van der Waals surface area contributed by atoms with Crippen molar-refractivity contribution in [3.8, 4) is 11.5 Å². The van der Waals surface area contributed by atoms with Gasteiger partial charge in [0, 0.05) is 6.07 Å². The Morgan fingerprint density at radius 2 is 2.05 bits per heavy atom. The molecule has 20 heavy (non-hydrogen) atoms. The first kappa shape index (κ1) is 14.4. The maximum Gasteiger partial charge on any atom is 0.347 e. The fourth-order valence-corrected chi connectivity index (χ4v) is 2.41. The van der Waals surface area contributed by atoms with Gasteiger partial charge in [0.25, 0.3) is 0 Å². The second kappa shape index (κ2) is 5.98. The molecule has 0 aliphatic heterocycles. The van der Waals surface area contributed by atoms with Crippen LogP contribution < -0.4 is 14.8 Å². The summed E-state index contributed by atoms with van der Waals surface area (Å²) in [5.74, 6) is -0.0203. The zero-order valence-corrected chi connectivity index (χ0v) is 12.2. The normalized spacial score (nSPS) is 10.2. The lowest BCUT2D eigenvalue weighted by molar-refractivity contribution is 0.0702. The lowest BCUT2D eigenvalue weighted by Gasteiger charge is -2.12. The molecule has 2 rings (SSSR count). The molecule has 0 atom stereocenters. The van der Waals surface area contributed by atoms with Crippen molar-refractivity contribution < 1.29 is 19.4 Å². The number of methoxy groups -OCH3 is 2. The molecule has 8 heteroatoms. The average molecular weight is 315 g/mol. The highest BCUT2D eigenvalue weighted by molar-refractivity contribution is 7.17. The quantitative estimate of drug-likeness (QED) is 0.881. The van der Waals surface area contributed by atoms with Gasteiger partial charge in [-0.2, -0.15) is 0 Å². The number of hydrogen-bond donors (Lipinski definition) is 2. The van der Waals surface area contributed by atoms with E-state index in [0.29, 0.717) is 27.3 Å². The van der Waals surface area contributed by atoms with E-state index in [1.54, 1.807) is 12.1 Å². The number of carbonyl (C=O) groups is 1. The Bertz CT molecular complexity index is 644. The number of thiazole rings is 1. The van der Waals surface area contributed by atoms with E-state index in [1.807, 2.05) is 0 Å². The Morgan fingerprint density at radius 3 is 2.60 bits per heavy atom. The summed E-state index contributed by atoms with van der Waals surface area (Å²) < 4.78 is 10.3. The molecule has 106 valence electrons. The van der Waals surface area contributed by atoms with Crippen molar-refractivity contribution in [2.75, 3.05) is 19.5 Å². The van der Waals surface area contributed by atoms with E-state index in [2.05, 4.69) is 10.3 Å². The Morgan fingerprint density at radius 1 is 1.35 bits per heavy atom. The average Bonchev–Trinajstić information content (AvgIpc) is 2.88. The SMILES string of the molecule is COc1cc(OC)c(Nc2ncc(C(=O)O)s2)cc1Cl. The summed E-state index contributed by atoms with van der Waals surface area (Å²) in [5.41, 5.74) is 0.574. The summed E-state index contributed by atoms with van der Waals surface area (Å²) in [4.78, 5) is 14.9.